The standard InChI is InChI=1S/C13H10FN3O/c1-18-8-5-6-9-11(7-8)17-13(16-9)10-3-2-4-12(14)15-10/h2-7H,1H3,(H,16,17). The Morgan fingerprint density at radius 1 is 1.17 bits per heavy atom. The number of imidazole rings is 1. The number of hydrogen-bond donors (Lipinski definition) is 1. The normalized spacial score (nSPS) is 10.8. The van der Waals surface area contributed by atoms with Crippen molar-refractivity contribution >= 4 is 11.0 Å². The van der Waals surface area contributed by atoms with Gasteiger partial charge in [-0.05, 0) is 24.3 Å². The third-order valence-corrected chi connectivity index (χ3v) is 2.65. The van der Waals surface area contributed by atoms with E-state index < -0.39 is 5.95 Å². The first-order valence-corrected chi connectivity index (χ1v) is 5.43. The van der Waals surface area contributed by atoms with E-state index in [2.05, 4.69) is 15.0 Å². The van der Waals surface area contributed by atoms with Gasteiger partial charge in [-0.15, -0.1) is 0 Å². The third-order valence-electron chi connectivity index (χ3n) is 2.65. The maximum Gasteiger partial charge on any atom is 0.213 e. The van der Waals surface area contributed by atoms with E-state index in [-0.39, 0.29) is 0 Å². The Morgan fingerprint density at radius 3 is 2.83 bits per heavy atom. The highest BCUT2D eigenvalue weighted by atomic mass is 19.1. The second-order valence-corrected chi connectivity index (χ2v) is 3.81. The molecule has 0 unspecified atom stereocenters. The quantitative estimate of drug-likeness (QED) is 0.704. The summed E-state index contributed by atoms with van der Waals surface area (Å²) in [6.45, 7) is 0. The first-order chi connectivity index (χ1) is 8.76. The molecule has 1 N–H and O–H groups in total. The Bertz CT molecular complexity index is 708. The van der Waals surface area contributed by atoms with Crippen LogP contribution in [0.15, 0.2) is 36.4 Å². The first-order valence-electron chi connectivity index (χ1n) is 5.43. The van der Waals surface area contributed by atoms with E-state index in [0.717, 1.165) is 16.8 Å². The van der Waals surface area contributed by atoms with Crippen molar-refractivity contribution in [3.05, 3.63) is 42.3 Å². The fraction of sp³-hybridized carbons (Fsp3) is 0.0769. The van der Waals surface area contributed by atoms with Crippen molar-refractivity contribution < 1.29 is 9.13 Å². The van der Waals surface area contributed by atoms with Crippen LogP contribution in [0.25, 0.3) is 22.6 Å². The number of fused-ring (bicyclic) bond motifs is 1. The van der Waals surface area contributed by atoms with Gasteiger partial charge in [0.15, 0.2) is 5.82 Å². The second kappa shape index (κ2) is 4.10. The van der Waals surface area contributed by atoms with E-state index in [1.54, 1.807) is 19.2 Å². The minimum atomic E-state index is -0.523. The van der Waals surface area contributed by atoms with Crippen molar-refractivity contribution in [3.63, 3.8) is 0 Å². The van der Waals surface area contributed by atoms with Gasteiger partial charge in [-0.25, -0.2) is 9.97 Å². The SMILES string of the molecule is COc1ccc2[nH]c(-c3cccc(F)n3)nc2c1. The monoisotopic (exact) mass is 243 g/mol. The minimum Gasteiger partial charge on any atom is -0.497 e. The molecule has 0 amide bonds. The molecule has 0 aliphatic heterocycles. The molecule has 0 atom stereocenters. The van der Waals surface area contributed by atoms with Crippen molar-refractivity contribution in [1.29, 1.82) is 0 Å². The van der Waals surface area contributed by atoms with Crippen molar-refractivity contribution in [2.75, 3.05) is 7.11 Å². The molecule has 3 aromatic rings. The van der Waals surface area contributed by atoms with Gasteiger partial charge in [0.25, 0.3) is 0 Å². The van der Waals surface area contributed by atoms with Crippen LogP contribution in [0.1, 0.15) is 0 Å². The van der Waals surface area contributed by atoms with Gasteiger partial charge in [-0.1, -0.05) is 6.07 Å². The minimum absolute atomic E-state index is 0.477. The van der Waals surface area contributed by atoms with Gasteiger partial charge in [0.05, 0.1) is 18.1 Å². The first kappa shape index (κ1) is 10.7. The summed E-state index contributed by atoms with van der Waals surface area (Å²) in [6.07, 6.45) is 0. The summed E-state index contributed by atoms with van der Waals surface area (Å²) >= 11 is 0. The summed E-state index contributed by atoms with van der Waals surface area (Å²) in [7, 11) is 1.60. The summed E-state index contributed by atoms with van der Waals surface area (Å²) in [4.78, 5) is 11.3. The van der Waals surface area contributed by atoms with Crippen molar-refractivity contribution in [2.45, 2.75) is 0 Å². The Kier molecular flexibility index (Phi) is 2.44. The average Bonchev–Trinajstić information content (AvgIpc) is 2.81. The van der Waals surface area contributed by atoms with Crippen LogP contribution in [0.4, 0.5) is 4.39 Å². The lowest BCUT2D eigenvalue weighted by molar-refractivity contribution is 0.415. The van der Waals surface area contributed by atoms with Crippen LogP contribution in [0, 0.1) is 5.95 Å². The lowest BCUT2D eigenvalue weighted by Crippen LogP contribution is -1.88. The van der Waals surface area contributed by atoms with Gasteiger partial charge in [-0.2, -0.15) is 4.39 Å². The number of H-pyrrole nitrogens is 1. The molecule has 0 fully saturated rings. The zero-order valence-electron chi connectivity index (χ0n) is 9.64. The lowest BCUT2D eigenvalue weighted by Gasteiger charge is -1.96. The number of pyridine rings is 1. The van der Waals surface area contributed by atoms with Crippen LogP contribution in [-0.4, -0.2) is 22.1 Å². The zero-order valence-corrected chi connectivity index (χ0v) is 9.64. The predicted octanol–water partition coefficient (Wildman–Crippen LogP) is 2.77. The Morgan fingerprint density at radius 2 is 2.06 bits per heavy atom. The van der Waals surface area contributed by atoms with E-state index in [4.69, 9.17) is 4.74 Å². The highest BCUT2D eigenvalue weighted by Crippen LogP contribution is 2.22. The Hall–Kier alpha value is -2.43. The number of rotatable bonds is 2. The van der Waals surface area contributed by atoms with Gasteiger partial charge in [0, 0.05) is 6.07 Å². The number of ether oxygens (including phenoxy) is 1. The smallest absolute Gasteiger partial charge is 0.213 e. The third kappa shape index (κ3) is 1.79. The predicted molar refractivity (Wildman–Crippen MR) is 65.8 cm³/mol. The molecule has 90 valence electrons. The molecule has 5 heteroatoms. The number of hydrogen-bond acceptors (Lipinski definition) is 3. The van der Waals surface area contributed by atoms with Gasteiger partial charge in [-0.3, -0.25) is 0 Å². The number of nitrogens with zero attached hydrogens (tertiary/aromatic N) is 2. The number of halogens is 1. The molecule has 3 rings (SSSR count). The molecule has 0 aliphatic rings. The van der Waals surface area contributed by atoms with Gasteiger partial charge >= 0.3 is 0 Å². The molecule has 18 heavy (non-hydrogen) atoms. The largest absolute Gasteiger partial charge is 0.497 e. The summed E-state index contributed by atoms with van der Waals surface area (Å²) in [6, 6.07) is 10.1. The number of aromatic amines is 1. The van der Waals surface area contributed by atoms with E-state index in [1.165, 1.54) is 6.07 Å². The average molecular weight is 243 g/mol. The van der Waals surface area contributed by atoms with Crippen LogP contribution in [0.2, 0.25) is 0 Å². The molecule has 0 aliphatic carbocycles. The summed E-state index contributed by atoms with van der Waals surface area (Å²) in [5.74, 6) is 0.746. The van der Waals surface area contributed by atoms with Gasteiger partial charge in [0.1, 0.15) is 11.4 Å². The van der Waals surface area contributed by atoms with Crippen molar-refractivity contribution in [1.82, 2.24) is 15.0 Å². The maximum absolute atomic E-state index is 13.1. The van der Waals surface area contributed by atoms with E-state index in [1.807, 2.05) is 18.2 Å². The topological polar surface area (TPSA) is 50.8 Å². The summed E-state index contributed by atoms with van der Waals surface area (Å²) in [5.41, 5.74) is 2.09. The van der Waals surface area contributed by atoms with Crippen molar-refractivity contribution in [2.24, 2.45) is 0 Å². The highest BCUT2D eigenvalue weighted by Gasteiger charge is 2.07. The maximum atomic E-state index is 13.1. The molecule has 2 heterocycles. The molecule has 0 saturated heterocycles. The van der Waals surface area contributed by atoms with E-state index >= 15 is 0 Å². The molecule has 4 nitrogen and oxygen atoms in total. The molecule has 1 aromatic carbocycles. The number of benzene rings is 1. The van der Waals surface area contributed by atoms with Gasteiger partial charge < -0.3 is 9.72 Å². The highest BCUT2D eigenvalue weighted by molar-refractivity contribution is 5.80. The summed E-state index contributed by atoms with van der Waals surface area (Å²) < 4.78 is 18.2. The van der Waals surface area contributed by atoms with Crippen molar-refractivity contribution in [3.8, 4) is 17.3 Å². The van der Waals surface area contributed by atoms with Crippen LogP contribution in [-0.2, 0) is 0 Å². The zero-order chi connectivity index (χ0) is 12.5. The van der Waals surface area contributed by atoms with Crippen LogP contribution < -0.4 is 4.74 Å². The van der Waals surface area contributed by atoms with Crippen LogP contribution in [0.3, 0.4) is 0 Å². The fourth-order valence-electron chi connectivity index (χ4n) is 1.77. The fourth-order valence-corrected chi connectivity index (χ4v) is 1.77. The molecule has 0 saturated carbocycles. The van der Waals surface area contributed by atoms with E-state index in [9.17, 15) is 4.39 Å². The number of nitrogens with one attached hydrogen (secondary N) is 1. The second-order valence-electron chi connectivity index (χ2n) is 3.81. The number of methoxy groups -OCH3 is 1. The Labute approximate surface area is 102 Å². The molecular weight excluding hydrogens is 233 g/mol. The van der Waals surface area contributed by atoms with Crippen LogP contribution in [0.5, 0.6) is 5.75 Å². The van der Waals surface area contributed by atoms with Gasteiger partial charge in [0.2, 0.25) is 5.95 Å². The molecule has 2 aromatic heterocycles. The molecule has 0 radical (unpaired) electrons. The summed E-state index contributed by atoms with van der Waals surface area (Å²) in [5, 5.41) is 0. The molecule has 0 bridgehead atoms. The lowest BCUT2D eigenvalue weighted by atomic mass is 10.3. The molecular formula is C13H10FN3O. The number of aromatic nitrogens is 3. The Balaban J connectivity index is 2.13. The van der Waals surface area contributed by atoms with Crippen LogP contribution >= 0.6 is 0 Å². The van der Waals surface area contributed by atoms with E-state index in [0.29, 0.717) is 11.5 Å². The molecule has 0 spiro atoms.